The molecule has 4 N–H and O–H groups in total. The third-order valence-corrected chi connectivity index (χ3v) is 10.2. The van der Waals surface area contributed by atoms with E-state index in [1.165, 1.54) is 15.5 Å². The maximum atomic E-state index is 13.8. The molecule has 0 amide bonds. The number of fused-ring (bicyclic) bond motifs is 6. The number of carbonyl (C=O) groups is 1. The van der Waals surface area contributed by atoms with Gasteiger partial charge in [-0.15, -0.1) is 0 Å². The molecule has 7 heterocycles. The van der Waals surface area contributed by atoms with E-state index in [9.17, 15) is 24.2 Å². The molecule has 0 spiro atoms. The van der Waals surface area contributed by atoms with Crippen LogP contribution in [0.2, 0.25) is 5.28 Å². The zero-order valence-corrected chi connectivity index (χ0v) is 26.8. The van der Waals surface area contributed by atoms with E-state index in [1.54, 1.807) is 13.0 Å². The Morgan fingerprint density at radius 2 is 2.02 bits per heavy atom. The summed E-state index contributed by atoms with van der Waals surface area (Å²) in [6.45, 7) is 0.897. The van der Waals surface area contributed by atoms with Crippen molar-refractivity contribution in [2.45, 2.75) is 57.0 Å². The second-order valence-corrected chi connectivity index (χ2v) is 13.5. The number of para-hydroxylation sites is 1. The summed E-state index contributed by atoms with van der Waals surface area (Å²) >= 11 is 5.96. The zero-order valence-electron chi connectivity index (χ0n) is 25.1. The smallest absolute Gasteiger partial charge is 0.458 e. The van der Waals surface area contributed by atoms with Gasteiger partial charge in [0.2, 0.25) is 10.9 Å². The predicted octanol–water partition coefficient (Wildman–Crippen LogP) is 2.94. The number of ether oxygens (including phenoxy) is 2. The predicted molar refractivity (Wildman–Crippen MR) is 168 cm³/mol. The van der Waals surface area contributed by atoms with Gasteiger partial charge in [-0.1, -0.05) is 25.1 Å². The van der Waals surface area contributed by atoms with Crippen molar-refractivity contribution < 1.29 is 37.9 Å². The molecule has 5 unspecified atom stereocenters. The SMILES string of the molecule is CCC1(OP(=O)(O)OCC2OC(n3cnc4c(N)nc(Cl)nc43)CC2O)C(=O)OCc2c1cc1n(c2=O)Cc2cc3ccccc3nc2-1. The van der Waals surface area contributed by atoms with E-state index in [0.717, 1.165) is 16.5 Å². The van der Waals surface area contributed by atoms with Crippen LogP contribution in [0, 0.1) is 0 Å². The Balaban J connectivity index is 1.07. The number of pyridine rings is 2. The van der Waals surface area contributed by atoms with Gasteiger partial charge in [-0.2, -0.15) is 9.97 Å². The molecule has 1 fully saturated rings. The van der Waals surface area contributed by atoms with Crippen LogP contribution in [0.15, 0.2) is 47.5 Å². The molecule has 16 nitrogen and oxygen atoms in total. The normalized spacial score (nSPS) is 24.3. The molecule has 8 rings (SSSR count). The molecule has 0 bridgehead atoms. The number of hydrogen-bond acceptors (Lipinski definition) is 13. The lowest BCUT2D eigenvalue weighted by molar-refractivity contribution is -0.171. The number of imidazole rings is 1. The first-order chi connectivity index (χ1) is 23.0. The molecule has 5 aromatic rings. The highest BCUT2D eigenvalue weighted by atomic mass is 35.5. The number of nitrogen functional groups attached to an aromatic ring is 1. The van der Waals surface area contributed by atoms with E-state index in [2.05, 4.69) is 15.0 Å². The lowest BCUT2D eigenvalue weighted by atomic mass is 9.86. The Bertz CT molecular complexity index is 2280. The van der Waals surface area contributed by atoms with Gasteiger partial charge in [0, 0.05) is 22.9 Å². The number of aromatic nitrogens is 6. The summed E-state index contributed by atoms with van der Waals surface area (Å²) < 4.78 is 38.8. The first kappa shape index (κ1) is 31.0. The standard InChI is InChI=1S/C30H27ClN7O9P/c1-2-30(47-48(42,43)45-12-21-20(39)9-22(46-21)38-13-33-24-25(32)35-29(31)36-26(24)38)17-8-19-23-15(7-14-5-3-4-6-18(14)34-23)10-37(19)27(40)16(17)11-44-28(30)41/h3-8,13,20-22,39H,2,9-12H2,1H3,(H,42,43)(H2,32,35,36). The number of esters is 1. The molecule has 0 aliphatic carbocycles. The summed E-state index contributed by atoms with van der Waals surface area (Å²) in [5.74, 6) is -0.886. The number of hydrogen-bond donors (Lipinski definition) is 3. The maximum Gasteiger partial charge on any atom is 0.473 e. The Morgan fingerprint density at radius 3 is 2.83 bits per heavy atom. The number of phosphoric ester groups is 1. The molecule has 3 aliphatic heterocycles. The van der Waals surface area contributed by atoms with Crippen LogP contribution in [-0.4, -0.2) is 63.9 Å². The van der Waals surface area contributed by atoms with Crippen LogP contribution in [0.25, 0.3) is 33.5 Å². The van der Waals surface area contributed by atoms with Crippen molar-refractivity contribution in [2.75, 3.05) is 12.3 Å². The number of halogens is 1. The number of cyclic esters (lactones) is 1. The lowest BCUT2D eigenvalue weighted by Gasteiger charge is -2.36. The molecule has 1 saturated heterocycles. The Kier molecular flexibility index (Phi) is 7.19. The van der Waals surface area contributed by atoms with Crippen LogP contribution in [0.1, 0.15) is 42.7 Å². The number of anilines is 1. The first-order valence-electron chi connectivity index (χ1n) is 15.0. The van der Waals surface area contributed by atoms with E-state index in [0.29, 0.717) is 11.4 Å². The maximum absolute atomic E-state index is 13.8. The van der Waals surface area contributed by atoms with Crippen molar-refractivity contribution in [3.63, 3.8) is 0 Å². The fourth-order valence-electron chi connectivity index (χ4n) is 6.61. The number of rotatable bonds is 7. The van der Waals surface area contributed by atoms with Crippen molar-refractivity contribution in [3.8, 4) is 11.4 Å². The van der Waals surface area contributed by atoms with Crippen LogP contribution in [0.5, 0.6) is 0 Å². The molecule has 248 valence electrons. The van der Waals surface area contributed by atoms with Crippen molar-refractivity contribution in [1.29, 1.82) is 0 Å². The molecule has 18 heteroatoms. The summed E-state index contributed by atoms with van der Waals surface area (Å²) in [6, 6.07) is 11.1. The molecule has 0 radical (unpaired) electrons. The second-order valence-electron chi connectivity index (χ2n) is 11.7. The highest BCUT2D eigenvalue weighted by Gasteiger charge is 2.53. The highest BCUT2D eigenvalue weighted by Crippen LogP contribution is 2.54. The Hall–Kier alpha value is -4.28. The first-order valence-corrected chi connectivity index (χ1v) is 16.9. The summed E-state index contributed by atoms with van der Waals surface area (Å²) in [6.07, 6.45) is -1.72. The molecule has 48 heavy (non-hydrogen) atoms. The van der Waals surface area contributed by atoms with E-state index < -0.39 is 50.0 Å². The van der Waals surface area contributed by atoms with Gasteiger partial charge in [0.05, 0.1) is 48.1 Å². The van der Waals surface area contributed by atoms with Crippen LogP contribution < -0.4 is 11.3 Å². The topological polar surface area (TPSA) is 216 Å². The Morgan fingerprint density at radius 1 is 1.21 bits per heavy atom. The van der Waals surface area contributed by atoms with Crippen molar-refractivity contribution >= 4 is 53.3 Å². The van der Waals surface area contributed by atoms with Gasteiger partial charge in [-0.3, -0.25) is 18.4 Å². The second kappa shape index (κ2) is 11.1. The number of nitrogens with two attached hydrogens (primary N) is 1. The summed E-state index contributed by atoms with van der Waals surface area (Å²) in [7, 11) is -5.07. The van der Waals surface area contributed by atoms with E-state index >= 15 is 0 Å². The van der Waals surface area contributed by atoms with Gasteiger partial charge >= 0.3 is 13.8 Å². The average Bonchev–Trinajstić information content (AvgIpc) is 3.75. The molecular weight excluding hydrogens is 669 g/mol. The zero-order chi connectivity index (χ0) is 33.5. The molecule has 0 saturated carbocycles. The quantitative estimate of drug-likeness (QED) is 0.124. The fraction of sp³-hybridized carbons (Fsp3) is 0.333. The molecule has 1 aromatic carbocycles. The summed E-state index contributed by atoms with van der Waals surface area (Å²) in [5, 5.41) is 11.5. The number of carbonyl (C=O) groups excluding carboxylic acids is 1. The average molecular weight is 696 g/mol. The highest BCUT2D eigenvalue weighted by molar-refractivity contribution is 7.47. The largest absolute Gasteiger partial charge is 0.473 e. The fourth-order valence-corrected chi connectivity index (χ4v) is 7.87. The number of aliphatic hydroxyl groups is 1. The number of benzene rings is 1. The van der Waals surface area contributed by atoms with E-state index in [4.69, 9.17) is 40.8 Å². The van der Waals surface area contributed by atoms with Crippen LogP contribution in [0.4, 0.5) is 5.82 Å². The minimum atomic E-state index is -5.07. The number of aliphatic hydroxyl groups excluding tert-OH is 1. The summed E-state index contributed by atoms with van der Waals surface area (Å²) in [5.41, 5.74) is 6.62. The van der Waals surface area contributed by atoms with E-state index in [-0.39, 0.29) is 59.4 Å². The van der Waals surface area contributed by atoms with Crippen LogP contribution in [0.3, 0.4) is 0 Å². The third-order valence-electron chi connectivity index (χ3n) is 8.99. The van der Waals surface area contributed by atoms with Gasteiger partial charge in [0.1, 0.15) is 24.5 Å². The van der Waals surface area contributed by atoms with Crippen molar-refractivity contribution in [2.24, 2.45) is 0 Å². The van der Waals surface area contributed by atoms with Gasteiger partial charge < -0.3 is 29.8 Å². The lowest BCUT2D eigenvalue weighted by Crippen LogP contribution is -2.46. The van der Waals surface area contributed by atoms with Gasteiger partial charge in [0.15, 0.2) is 11.5 Å². The minimum Gasteiger partial charge on any atom is -0.458 e. The Labute approximate surface area is 275 Å². The van der Waals surface area contributed by atoms with Gasteiger partial charge in [-0.05, 0) is 36.2 Å². The molecule has 4 aromatic heterocycles. The van der Waals surface area contributed by atoms with Gasteiger partial charge in [0.25, 0.3) is 5.56 Å². The molecular formula is C30H27ClN7O9P. The molecule has 5 atom stereocenters. The summed E-state index contributed by atoms with van der Waals surface area (Å²) in [4.78, 5) is 55.1. The van der Waals surface area contributed by atoms with Crippen LogP contribution in [-0.2, 0) is 46.6 Å². The molecule has 3 aliphatic rings. The van der Waals surface area contributed by atoms with Crippen molar-refractivity contribution in [3.05, 3.63) is 75.1 Å². The minimum absolute atomic E-state index is 0.0516. The number of phosphoric acid groups is 1. The van der Waals surface area contributed by atoms with Gasteiger partial charge in [-0.25, -0.2) is 19.3 Å². The number of nitrogens with zero attached hydrogens (tertiary/aromatic N) is 6. The van der Waals surface area contributed by atoms with Crippen LogP contribution >= 0.6 is 19.4 Å². The third kappa shape index (κ3) is 4.83. The monoisotopic (exact) mass is 695 g/mol. The van der Waals surface area contributed by atoms with E-state index in [1.807, 2.05) is 30.3 Å². The van der Waals surface area contributed by atoms with Crippen molar-refractivity contribution in [1.82, 2.24) is 29.1 Å².